The van der Waals surface area contributed by atoms with Crippen LogP contribution in [0.25, 0.3) is 6.20 Å². The fourth-order valence-electron chi connectivity index (χ4n) is 1.48. The van der Waals surface area contributed by atoms with Crippen molar-refractivity contribution in [2.24, 2.45) is 4.99 Å². The largest absolute Gasteiger partial charge is 0.385 e. The molecule has 0 atom stereocenters. The highest BCUT2D eigenvalue weighted by atomic mass is 32.1. The van der Waals surface area contributed by atoms with E-state index in [0.29, 0.717) is 0 Å². The molecule has 0 aliphatic carbocycles. The van der Waals surface area contributed by atoms with Gasteiger partial charge in [-0.15, -0.1) is 11.3 Å². The highest BCUT2D eigenvalue weighted by Gasteiger charge is 2.03. The van der Waals surface area contributed by atoms with Gasteiger partial charge >= 0.3 is 0 Å². The molecule has 0 radical (unpaired) electrons. The van der Waals surface area contributed by atoms with Crippen molar-refractivity contribution in [3.8, 4) is 0 Å². The van der Waals surface area contributed by atoms with Crippen molar-refractivity contribution in [3.63, 3.8) is 0 Å². The number of nitrogens with zero attached hydrogens (tertiary/aromatic N) is 2. The smallest absolute Gasteiger partial charge is 0.121 e. The molecular weight excluding hydrogens is 196 g/mol. The molecule has 76 valence electrons. The van der Waals surface area contributed by atoms with E-state index in [9.17, 15) is 0 Å². The molecule has 2 heterocycles. The van der Waals surface area contributed by atoms with Crippen LogP contribution in [-0.2, 0) is 4.74 Å². The average molecular weight is 210 g/mol. The topological polar surface area (TPSA) is 24.8 Å². The monoisotopic (exact) mass is 210 g/mol. The van der Waals surface area contributed by atoms with Gasteiger partial charge < -0.3 is 9.64 Å². The van der Waals surface area contributed by atoms with Crippen LogP contribution in [0.1, 0.15) is 6.42 Å². The Morgan fingerprint density at radius 1 is 1.64 bits per heavy atom. The van der Waals surface area contributed by atoms with Crippen LogP contribution in [0.5, 0.6) is 0 Å². The maximum absolute atomic E-state index is 5.02. The normalized spacial score (nSPS) is 14.5. The van der Waals surface area contributed by atoms with Crippen LogP contribution in [0.15, 0.2) is 16.4 Å². The fourth-order valence-corrected chi connectivity index (χ4v) is 2.21. The van der Waals surface area contributed by atoms with Gasteiger partial charge in [-0.1, -0.05) is 0 Å². The first-order valence-corrected chi connectivity index (χ1v) is 5.61. The molecule has 4 heteroatoms. The Morgan fingerprint density at radius 2 is 2.57 bits per heavy atom. The van der Waals surface area contributed by atoms with Gasteiger partial charge in [0, 0.05) is 31.7 Å². The Balaban J connectivity index is 1.99. The van der Waals surface area contributed by atoms with Gasteiger partial charge in [0.15, 0.2) is 0 Å². The van der Waals surface area contributed by atoms with E-state index >= 15 is 0 Å². The van der Waals surface area contributed by atoms with Gasteiger partial charge in [-0.25, -0.2) is 0 Å². The van der Waals surface area contributed by atoms with Gasteiger partial charge in [0.1, 0.15) is 11.3 Å². The fraction of sp³-hybridized carbons (Fsp3) is 0.500. The van der Waals surface area contributed by atoms with Crippen molar-refractivity contribution < 1.29 is 4.74 Å². The summed E-state index contributed by atoms with van der Waals surface area (Å²) in [6.07, 6.45) is 3.25. The van der Waals surface area contributed by atoms with Gasteiger partial charge in [-0.2, -0.15) is 0 Å². The van der Waals surface area contributed by atoms with E-state index < -0.39 is 0 Å². The van der Waals surface area contributed by atoms with E-state index in [1.165, 1.54) is 5.22 Å². The van der Waals surface area contributed by atoms with Crippen LogP contribution in [0.4, 0.5) is 0 Å². The molecule has 1 aliphatic heterocycles. The second kappa shape index (κ2) is 4.57. The van der Waals surface area contributed by atoms with Crippen LogP contribution in [0.3, 0.4) is 0 Å². The van der Waals surface area contributed by atoms with Crippen LogP contribution >= 0.6 is 11.3 Å². The first kappa shape index (κ1) is 9.68. The van der Waals surface area contributed by atoms with Crippen molar-refractivity contribution in [2.45, 2.75) is 6.42 Å². The molecule has 0 fully saturated rings. The first-order chi connectivity index (χ1) is 6.90. The highest BCUT2D eigenvalue weighted by Crippen LogP contribution is 1.97. The minimum Gasteiger partial charge on any atom is -0.385 e. The number of hydrogen-bond acceptors (Lipinski definition) is 4. The van der Waals surface area contributed by atoms with Gasteiger partial charge in [-0.3, -0.25) is 4.99 Å². The zero-order chi connectivity index (χ0) is 9.80. The lowest BCUT2D eigenvalue weighted by molar-refractivity contribution is 0.185. The van der Waals surface area contributed by atoms with Gasteiger partial charge in [0.05, 0.1) is 0 Å². The van der Waals surface area contributed by atoms with Crippen molar-refractivity contribution in [1.29, 1.82) is 0 Å². The molecule has 0 saturated carbocycles. The Kier molecular flexibility index (Phi) is 3.16. The summed E-state index contributed by atoms with van der Waals surface area (Å²) in [5.41, 5.74) is 0. The maximum Gasteiger partial charge on any atom is 0.121 e. The molecule has 2 rings (SSSR count). The van der Waals surface area contributed by atoms with Gasteiger partial charge in [-0.05, 0) is 17.9 Å². The minimum atomic E-state index is 0.789. The van der Waals surface area contributed by atoms with Crippen LogP contribution in [0, 0.1) is 0 Å². The number of hydrogen-bond donors (Lipinski definition) is 0. The van der Waals surface area contributed by atoms with Crippen molar-refractivity contribution in [3.05, 3.63) is 21.3 Å². The van der Waals surface area contributed by atoms with E-state index in [-0.39, 0.29) is 0 Å². The third-order valence-corrected chi connectivity index (χ3v) is 3.05. The van der Waals surface area contributed by atoms with Crippen LogP contribution in [-0.4, -0.2) is 31.8 Å². The Hall–Kier alpha value is -0.870. The number of ether oxygens (including phenoxy) is 1. The Bertz CT molecular complexity index is 398. The molecule has 0 unspecified atom stereocenters. The van der Waals surface area contributed by atoms with Crippen molar-refractivity contribution >= 4 is 17.5 Å². The predicted molar refractivity (Wildman–Crippen MR) is 57.6 cm³/mol. The predicted octanol–water partition coefficient (Wildman–Crippen LogP) is 0.415. The number of fused-ring (bicyclic) bond motifs is 1. The summed E-state index contributed by atoms with van der Waals surface area (Å²) < 4.78 is 6.18. The Morgan fingerprint density at radius 3 is 3.43 bits per heavy atom. The molecule has 1 aromatic rings. The van der Waals surface area contributed by atoms with Crippen LogP contribution < -0.4 is 9.89 Å². The molecule has 0 N–H and O–H groups in total. The standard InChI is InChI=1S/C10H14N2OS/c1-13-5-2-4-12-7-9-3-6-14-10(9)11-8-12/h3,6-7H,2,4-5,8H2,1H3. The zero-order valence-electron chi connectivity index (χ0n) is 8.27. The maximum atomic E-state index is 5.02. The molecule has 0 aromatic carbocycles. The molecule has 0 bridgehead atoms. The second-order valence-corrected chi connectivity index (χ2v) is 4.16. The molecule has 3 nitrogen and oxygen atoms in total. The summed E-state index contributed by atoms with van der Waals surface area (Å²) in [7, 11) is 1.74. The number of thiophene rings is 1. The van der Waals surface area contributed by atoms with Gasteiger partial charge in [0.25, 0.3) is 0 Å². The molecule has 1 aromatic heterocycles. The quantitative estimate of drug-likeness (QED) is 0.673. The highest BCUT2D eigenvalue weighted by molar-refractivity contribution is 7.07. The molecule has 0 spiro atoms. The SMILES string of the molecule is COCCCN1C=c2ccsc2=NC1. The number of rotatable bonds is 4. The number of methoxy groups -OCH3 is 1. The van der Waals surface area contributed by atoms with E-state index in [1.54, 1.807) is 18.4 Å². The molecule has 14 heavy (non-hydrogen) atoms. The molecular formula is C10H14N2OS. The van der Waals surface area contributed by atoms with Crippen LogP contribution in [0.2, 0.25) is 0 Å². The minimum absolute atomic E-state index is 0.789. The summed E-state index contributed by atoms with van der Waals surface area (Å²) in [6.45, 7) is 2.63. The lowest BCUT2D eigenvalue weighted by Crippen LogP contribution is -2.33. The Labute approximate surface area is 87.3 Å². The van der Waals surface area contributed by atoms with E-state index in [2.05, 4.69) is 27.5 Å². The van der Waals surface area contributed by atoms with E-state index in [4.69, 9.17) is 4.74 Å². The molecule has 0 saturated heterocycles. The summed E-state index contributed by atoms with van der Waals surface area (Å²) in [4.78, 5) is 6.72. The lowest BCUT2D eigenvalue weighted by atomic mass is 10.4. The molecule has 1 aliphatic rings. The summed E-state index contributed by atoms with van der Waals surface area (Å²) in [5, 5.41) is 3.34. The van der Waals surface area contributed by atoms with Gasteiger partial charge in [0.2, 0.25) is 0 Å². The first-order valence-electron chi connectivity index (χ1n) is 4.73. The zero-order valence-corrected chi connectivity index (χ0v) is 9.09. The second-order valence-electron chi connectivity index (χ2n) is 3.27. The average Bonchev–Trinajstić information content (AvgIpc) is 2.65. The lowest BCUT2D eigenvalue weighted by Gasteiger charge is -2.19. The van der Waals surface area contributed by atoms with Crippen molar-refractivity contribution in [2.75, 3.05) is 26.9 Å². The summed E-state index contributed by atoms with van der Waals surface area (Å²) >= 11 is 1.71. The van der Waals surface area contributed by atoms with E-state index in [1.807, 2.05) is 0 Å². The summed E-state index contributed by atoms with van der Waals surface area (Å²) in [6, 6.07) is 2.12. The third-order valence-electron chi connectivity index (χ3n) is 2.19. The van der Waals surface area contributed by atoms with Crippen molar-refractivity contribution in [1.82, 2.24) is 4.90 Å². The third kappa shape index (κ3) is 2.13. The van der Waals surface area contributed by atoms with E-state index in [0.717, 1.165) is 30.9 Å². The molecule has 0 amide bonds. The summed E-state index contributed by atoms with van der Waals surface area (Å²) in [5.74, 6) is 0.